The van der Waals surface area contributed by atoms with E-state index in [0.29, 0.717) is 6.61 Å². The Labute approximate surface area is 164 Å². The van der Waals surface area contributed by atoms with E-state index in [1.165, 1.54) is 50.2 Å². The van der Waals surface area contributed by atoms with Crippen molar-refractivity contribution < 1.29 is 9.53 Å². The highest BCUT2D eigenvalue weighted by Gasteiger charge is 2.04. The number of esters is 1. The maximum Gasteiger partial charge on any atom is 0.302 e. The van der Waals surface area contributed by atoms with E-state index in [4.69, 9.17) is 4.74 Å². The summed E-state index contributed by atoms with van der Waals surface area (Å²) in [5, 5.41) is 0. The minimum atomic E-state index is -0.243. The molecule has 0 bridgehead atoms. The molecule has 144 valence electrons. The van der Waals surface area contributed by atoms with Crippen LogP contribution in [0.25, 0.3) is 6.08 Å². The number of rotatable bonds is 11. The van der Waals surface area contributed by atoms with Crippen molar-refractivity contribution in [1.82, 2.24) is 0 Å². The van der Waals surface area contributed by atoms with Crippen LogP contribution in [-0.4, -0.2) is 12.6 Å². The molecule has 0 aromatic heterocycles. The van der Waals surface area contributed by atoms with Gasteiger partial charge in [0.1, 0.15) is 6.61 Å². The van der Waals surface area contributed by atoms with Crippen LogP contribution in [0.15, 0.2) is 60.2 Å². The van der Waals surface area contributed by atoms with Gasteiger partial charge in [0.2, 0.25) is 0 Å². The van der Waals surface area contributed by atoms with E-state index in [9.17, 15) is 4.79 Å². The van der Waals surface area contributed by atoms with Crippen LogP contribution in [0.2, 0.25) is 0 Å². The Bertz CT molecular complexity index is 699. The predicted molar refractivity (Wildman–Crippen MR) is 114 cm³/mol. The van der Waals surface area contributed by atoms with E-state index in [-0.39, 0.29) is 5.97 Å². The number of carbonyl (C=O) groups excluding carboxylic acids is 1. The smallest absolute Gasteiger partial charge is 0.302 e. The van der Waals surface area contributed by atoms with Crippen molar-refractivity contribution in [3.8, 4) is 0 Å². The van der Waals surface area contributed by atoms with Gasteiger partial charge < -0.3 is 4.74 Å². The fourth-order valence-electron chi connectivity index (χ4n) is 3.15. The minimum absolute atomic E-state index is 0.243. The summed E-state index contributed by atoms with van der Waals surface area (Å²) >= 11 is 0. The number of carbonyl (C=O) groups is 1. The molecule has 0 amide bonds. The highest BCUT2D eigenvalue weighted by atomic mass is 16.5. The summed E-state index contributed by atoms with van der Waals surface area (Å²) in [6.45, 7) is 4.04. The Kier molecular flexibility index (Phi) is 9.40. The van der Waals surface area contributed by atoms with Crippen molar-refractivity contribution in [2.45, 2.75) is 58.8 Å². The third-order valence-corrected chi connectivity index (χ3v) is 4.65. The first kappa shape index (κ1) is 21.0. The zero-order valence-corrected chi connectivity index (χ0v) is 16.7. The van der Waals surface area contributed by atoms with Gasteiger partial charge in [0, 0.05) is 6.92 Å². The molecule has 0 unspecified atom stereocenters. The van der Waals surface area contributed by atoms with E-state index >= 15 is 0 Å². The molecule has 0 aliphatic rings. The van der Waals surface area contributed by atoms with Crippen molar-refractivity contribution >= 4 is 12.0 Å². The highest BCUT2D eigenvalue weighted by Crippen LogP contribution is 2.16. The average Bonchev–Trinajstić information content (AvgIpc) is 2.68. The molecule has 2 aromatic carbocycles. The van der Waals surface area contributed by atoms with Gasteiger partial charge in [-0.05, 0) is 41.5 Å². The monoisotopic (exact) mass is 364 g/mol. The Balaban J connectivity index is 1.98. The molecule has 0 saturated carbocycles. The van der Waals surface area contributed by atoms with Crippen molar-refractivity contribution in [2.24, 2.45) is 0 Å². The van der Waals surface area contributed by atoms with Gasteiger partial charge in [0.15, 0.2) is 0 Å². The summed E-state index contributed by atoms with van der Waals surface area (Å²) in [6.07, 6.45) is 10.6. The van der Waals surface area contributed by atoms with Gasteiger partial charge in [-0.25, -0.2) is 0 Å². The Hall–Kier alpha value is -2.35. The third kappa shape index (κ3) is 8.72. The van der Waals surface area contributed by atoms with Gasteiger partial charge >= 0.3 is 5.97 Å². The molecule has 2 rings (SSSR count). The van der Waals surface area contributed by atoms with Crippen molar-refractivity contribution in [3.63, 3.8) is 0 Å². The Morgan fingerprint density at radius 2 is 1.59 bits per heavy atom. The molecular formula is C25H32O2. The highest BCUT2D eigenvalue weighted by molar-refractivity contribution is 5.66. The lowest BCUT2D eigenvalue weighted by atomic mass is 10.0. The Morgan fingerprint density at radius 1 is 0.889 bits per heavy atom. The van der Waals surface area contributed by atoms with Crippen LogP contribution in [0.1, 0.15) is 62.6 Å². The number of ether oxygens (including phenoxy) is 1. The first-order valence-electron chi connectivity index (χ1n) is 10.1. The van der Waals surface area contributed by atoms with E-state index < -0.39 is 0 Å². The number of hydrogen-bond donors (Lipinski definition) is 0. The number of unbranched alkanes of at least 4 members (excludes halogenated alkanes) is 4. The first-order chi connectivity index (χ1) is 13.2. The molecular weight excluding hydrogens is 332 g/mol. The normalized spacial score (nSPS) is 11.4. The number of aryl methyl sites for hydroxylation is 1. The van der Waals surface area contributed by atoms with E-state index in [2.05, 4.69) is 49.4 Å². The molecule has 0 heterocycles. The van der Waals surface area contributed by atoms with Crippen LogP contribution in [0.3, 0.4) is 0 Å². The molecule has 2 heteroatoms. The van der Waals surface area contributed by atoms with Gasteiger partial charge in [-0.15, -0.1) is 0 Å². The van der Waals surface area contributed by atoms with Gasteiger partial charge in [0.05, 0.1) is 0 Å². The van der Waals surface area contributed by atoms with Gasteiger partial charge in [-0.2, -0.15) is 0 Å². The lowest BCUT2D eigenvalue weighted by molar-refractivity contribution is -0.139. The van der Waals surface area contributed by atoms with Crippen LogP contribution in [0.5, 0.6) is 0 Å². The van der Waals surface area contributed by atoms with Gasteiger partial charge in [-0.1, -0.05) is 93.3 Å². The van der Waals surface area contributed by atoms with Crippen LogP contribution < -0.4 is 0 Å². The molecule has 2 aromatic rings. The van der Waals surface area contributed by atoms with E-state index in [0.717, 1.165) is 24.0 Å². The minimum Gasteiger partial charge on any atom is -0.461 e. The molecule has 2 nitrogen and oxygen atoms in total. The molecule has 0 aliphatic carbocycles. The topological polar surface area (TPSA) is 26.3 Å². The summed E-state index contributed by atoms with van der Waals surface area (Å²) in [4.78, 5) is 11.2. The molecule has 0 atom stereocenters. The van der Waals surface area contributed by atoms with Crippen LogP contribution in [0, 0.1) is 0 Å². The lowest BCUT2D eigenvalue weighted by Crippen LogP contribution is -2.05. The molecule has 27 heavy (non-hydrogen) atoms. The van der Waals surface area contributed by atoms with Crippen LogP contribution >= 0.6 is 0 Å². The summed E-state index contributed by atoms with van der Waals surface area (Å²) in [5.41, 5.74) is 4.87. The fourth-order valence-corrected chi connectivity index (χ4v) is 3.15. The largest absolute Gasteiger partial charge is 0.461 e. The summed E-state index contributed by atoms with van der Waals surface area (Å²) < 4.78 is 5.25. The van der Waals surface area contributed by atoms with E-state index in [1.54, 1.807) is 0 Å². The second kappa shape index (κ2) is 12.1. The zero-order chi connectivity index (χ0) is 19.3. The molecule has 0 N–H and O–H groups in total. The number of benzene rings is 2. The quantitative estimate of drug-likeness (QED) is 0.341. The second-order valence-corrected chi connectivity index (χ2v) is 7.15. The van der Waals surface area contributed by atoms with Gasteiger partial charge in [-0.3, -0.25) is 4.79 Å². The first-order valence-corrected chi connectivity index (χ1v) is 10.1. The zero-order valence-electron chi connectivity index (χ0n) is 16.7. The number of hydrogen-bond acceptors (Lipinski definition) is 2. The van der Waals surface area contributed by atoms with Crippen molar-refractivity contribution in [3.05, 3.63) is 76.9 Å². The van der Waals surface area contributed by atoms with Crippen molar-refractivity contribution in [1.29, 1.82) is 0 Å². The SMILES string of the molecule is CCCCCCCc1ccc(C=C(COC(C)=O)Cc2ccccc2)cc1. The van der Waals surface area contributed by atoms with Crippen LogP contribution in [-0.2, 0) is 22.4 Å². The van der Waals surface area contributed by atoms with Gasteiger partial charge in [0.25, 0.3) is 0 Å². The average molecular weight is 365 g/mol. The Morgan fingerprint density at radius 3 is 2.26 bits per heavy atom. The van der Waals surface area contributed by atoms with Crippen molar-refractivity contribution in [2.75, 3.05) is 6.61 Å². The standard InChI is InChI=1S/C25H32O2/c1-3-4-5-6-8-11-22-14-16-24(17-15-22)19-25(20-27-21(2)26)18-23-12-9-7-10-13-23/h7,9-10,12-17,19H,3-6,8,11,18,20H2,1-2H3. The summed E-state index contributed by atoms with van der Waals surface area (Å²) in [6, 6.07) is 19.1. The molecule has 0 aliphatic heterocycles. The second-order valence-electron chi connectivity index (χ2n) is 7.15. The van der Waals surface area contributed by atoms with Crippen LogP contribution in [0.4, 0.5) is 0 Å². The molecule has 0 fully saturated rings. The summed E-state index contributed by atoms with van der Waals surface area (Å²) in [7, 11) is 0. The summed E-state index contributed by atoms with van der Waals surface area (Å²) in [5.74, 6) is -0.243. The molecule has 0 saturated heterocycles. The fraction of sp³-hybridized carbons (Fsp3) is 0.400. The maximum atomic E-state index is 11.2. The maximum absolute atomic E-state index is 11.2. The predicted octanol–water partition coefficient (Wildman–Crippen LogP) is 6.39. The molecule has 0 radical (unpaired) electrons. The molecule has 0 spiro atoms. The lowest BCUT2D eigenvalue weighted by Gasteiger charge is -2.09. The third-order valence-electron chi connectivity index (χ3n) is 4.65. The van der Waals surface area contributed by atoms with E-state index in [1.807, 2.05) is 18.2 Å².